The van der Waals surface area contributed by atoms with Crippen LogP contribution < -0.4 is 10.1 Å². The van der Waals surface area contributed by atoms with Gasteiger partial charge in [-0.25, -0.2) is 8.42 Å². The molecule has 1 saturated heterocycles. The smallest absolute Gasteiger partial charge is 0.289 e. The van der Waals surface area contributed by atoms with Gasteiger partial charge in [-0.05, 0) is 37.3 Å². The molecule has 148 valence electrons. The van der Waals surface area contributed by atoms with E-state index in [2.05, 4.69) is 5.32 Å². The number of carbonyl (C=O) groups excluding carboxylic acids is 2. The number of anilines is 1. The molecule has 2 aliphatic rings. The van der Waals surface area contributed by atoms with E-state index in [-0.39, 0.29) is 48.6 Å². The van der Waals surface area contributed by atoms with Gasteiger partial charge < -0.3 is 19.4 Å². The first-order valence-electron chi connectivity index (χ1n) is 8.81. The van der Waals surface area contributed by atoms with Crippen LogP contribution in [-0.4, -0.2) is 61.7 Å². The minimum atomic E-state index is -3.76. The topological polar surface area (TPSA) is 109 Å². The number of amides is 2. The van der Waals surface area contributed by atoms with Crippen molar-refractivity contribution in [2.45, 2.75) is 17.9 Å². The monoisotopic (exact) mass is 405 g/mol. The Morgan fingerprint density at radius 2 is 1.93 bits per heavy atom. The summed E-state index contributed by atoms with van der Waals surface area (Å²) in [6.07, 6.45) is 0.794. The number of furan rings is 1. The zero-order valence-electron chi connectivity index (χ0n) is 15.1. The van der Waals surface area contributed by atoms with Crippen LogP contribution in [0.3, 0.4) is 0 Å². The molecule has 10 heteroatoms. The third-order valence-electron chi connectivity index (χ3n) is 4.78. The second-order valence-electron chi connectivity index (χ2n) is 6.58. The molecule has 2 aliphatic heterocycles. The highest BCUT2D eigenvalue weighted by molar-refractivity contribution is 7.89. The first-order valence-corrected chi connectivity index (χ1v) is 10.2. The first kappa shape index (κ1) is 18.5. The maximum atomic E-state index is 13.0. The second kappa shape index (κ2) is 6.95. The molecule has 3 heterocycles. The van der Waals surface area contributed by atoms with Gasteiger partial charge in [0.1, 0.15) is 5.75 Å². The van der Waals surface area contributed by atoms with E-state index < -0.39 is 16.1 Å². The zero-order chi connectivity index (χ0) is 19.9. The van der Waals surface area contributed by atoms with Crippen molar-refractivity contribution in [3.05, 3.63) is 42.4 Å². The molecule has 0 spiro atoms. The predicted octanol–water partition coefficient (Wildman–Crippen LogP) is 1.15. The number of sulfonamides is 1. The van der Waals surface area contributed by atoms with Crippen molar-refractivity contribution in [3.63, 3.8) is 0 Å². The summed E-state index contributed by atoms with van der Waals surface area (Å²) in [7, 11) is -3.76. The van der Waals surface area contributed by atoms with Crippen molar-refractivity contribution in [3.8, 4) is 5.75 Å². The van der Waals surface area contributed by atoms with Crippen LogP contribution in [0.15, 0.2) is 45.9 Å². The molecule has 9 nitrogen and oxygen atoms in total. The fourth-order valence-electron chi connectivity index (χ4n) is 3.19. The van der Waals surface area contributed by atoms with Crippen LogP contribution >= 0.6 is 0 Å². The van der Waals surface area contributed by atoms with E-state index in [1.807, 2.05) is 0 Å². The Morgan fingerprint density at radius 3 is 2.61 bits per heavy atom. The molecule has 1 aromatic heterocycles. The van der Waals surface area contributed by atoms with Gasteiger partial charge in [0.05, 0.1) is 16.8 Å². The highest BCUT2D eigenvalue weighted by Gasteiger charge is 2.32. The summed E-state index contributed by atoms with van der Waals surface area (Å²) in [5, 5.41) is 2.65. The number of hydrogen-bond donors (Lipinski definition) is 1. The molecule has 0 bridgehead atoms. The van der Waals surface area contributed by atoms with Crippen LogP contribution in [0, 0.1) is 0 Å². The van der Waals surface area contributed by atoms with Crippen LogP contribution in [0.2, 0.25) is 0 Å². The van der Waals surface area contributed by atoms with E-state index >= 15 is 0 Å². The molecule has 1 fully saturated rings. The lowest BCUT2D eigenvalue weighted by molar-refractivity contribution is -0.122. The molecular formula is C18H19N3O6S. The van der Waals surface area contributed by atoms with Gasteiger partial charge in [-0.15, -0.1) is 0 Å². The SMILES string of the molecule is CC1Oc2ccc(S(=O)(=O)N3CCN(C(=O)c4ccco4)CC3)cc2NC1=O. The Hall–Kier alpha value is -2.85. The van der Waals surface area contributed by atoms with E-state index in [1.54, 1.807) is 24.0 Å². The van der Waals surface area contributed by atoms with Gasteiger partial charge in [0.15, 0.2) is 11.9 Å². The van der Waals surface area contributed by atoms with Crippen LogP contribution in [0.25, 0.3) is 0 Å². The summed E-state index contributed by atoms with van der Waals surface area (Å²) >= 11 is 0. The number of rotatable bonds is 3. The Bertz CT molecular complexity index is 1010. The van der Waals surface area contributed by atoms with Crippen LogP contribution in [-0.2, 0) is 14.8 Å². The fourth-order valence-corrected chi connectivity index (χ4v) is 4.63. The van der Waals surface area contributed by atoms with Gasteiger partial charge in [0.2, 0.25) is 10.0 Å². The van der Waals surface area contributed by atoms with Crippen molar-refractivity contribution in [1.29, 1.82) is 0 Å². The number of nitrogens with zero attached hydrogens (tertiary/aromatic N) is 2. The summed E-state index contributed by atoms with van der Waals surface area (Å²) in [6.45, 7) is 2.49. The molecule has 0 radical (unpaired) electrons. The lowest BCUT2D eigenvalue weighted by Crippen LogP contribution is -2.50. The molecule has 2 aromatic rings. The first-order chi connectivity index (χ1) is 13.4. The highest BCUT2D eigenvalue weighted by atomic mass is 32.2. The molecular weight excluding hydrogens is 386 g/mol. The Balaban J connectivity index is 1.48. The maximum absolute atomic E-state index is 13.0. The number of fused-ring (bicyclic) bond motifs is 1. The summed E-state index contributed by atoms with van der Waals surface area (Å²) < 4.78 is 37.8. The summed E-state index contributed by atoms with van der Waals surface area (Å²) in [6, 6.07) is 7.60. The summed E-state index contributed by atoms with van der Waals surface area (Å²) in [5.74, 6) is 0.0767. The number of nitrogens with one attached hydrogen (secondary N) is 1. The molecule has 1 atom stereocenters. The predicted molar refractivity (Wildman–Crippen MR) is 98.5 cm³/mol. The van der Waals surface area contributed by atoms with E-state index in [0.717, 1.165) is 0 Å². The lowest BCUT2D eigenvalue weighted by Gasteiger charge is -2.33. The number of ether oxygens (including phenoxy) is 1. The standard InChI is InChI=1S/C18H19N3O6S/c1-12-17(22)19-14-11-13(4-5-15(14)27-12)28(24,25)21-8-6-20(7-9-21)18(23)16-3-2-10-26-16/h2-5,10-12H,6-9H2,1H3,(H,19,22). The van der Waals surface area contributed by atoms with Crippen molar-refractivity contribution >= 4 is 27.5 Å². The number of hydrogen-bond acceptors (Lipinski definition) is 6. The molecule has 0 aliphatic carbocycles. The van der Waals surface area contributed by atoms with E-state index in [1.165, 1.54) is 28.8 Å². The van der Waals surface area contributed by atoms with Crippen molar-refractivity contribution < 1.29 is 27.2 Å². The van der Waals surface area contributed by atoms with Gasteiger partial charge in [-0.2, -0.15) is 4.31 Å². The molecule has 4 rings (SSSR count). The van der Waals surface area contributed by atoms with E-state index in [4.69, 9.17) is 9.15 Å². The van der Waals surface area contributed by atoms with E-state index in [0.29, 0.717) is 11.4 Å². The average molecular weight is 405 g/mol. The van der Waals surface area contributed by atoms with Crippen LogP contribution in [0.1, 0.15) is 17.5 Å². The molecule has 2 amide bonds. The largest absolute Gasteiger partial charge is 0.479 e. The number of carbonyl (C=O) groups is 2. The van der Waals surface area contributed by atoms with Crippen molar-refractivity contribution in [1.82, 2.24) is 9.21 Å². The molecule has 0 saturated carbocycles. The van der Waals surface area contributed by atoms with Crippen molar-refractivity contribution in [2.24, 2.45) is 0 Å². The van der Waals surface area contributed by atoms with Crippen LogP contribution in [0.5, 0.6) is 5.75 Å². The minimum Gasteiger partial charge on any atom is -0.479 e. The summed E-state index contributed by atoms with van der Waals surface area (Å²) in [4.78, 5) is 25.7. The zero-order valence-corrected chi connectivity index (χ0v) is 15.9. The minimum absolute atomic E-state index is 0.0653. The Labute approximate surface area is 161 Å². The molecule has 1 unspecified atom stereocenters. The average Bonchev–Trinajstić information content (AvgIpc) is 3.23. The van der Waals surface area contributed by atoms with Gasteiger partial charge in [0, 0.05) is 26.2 Å². The fraction of sp³-hybridized carbons (Fsp3) is 0.333. The third kappa shape index (κ3) is 3.25. The number of piperazine rings is 1. The summed E-state index contributed by atoms with van der Waals surface area (Å²) in [5.41, 5.74) is 0.329. The third-order valence-corrected chi connectivity index (χ3v) is 6.67. The quantitative estimate of drug-likeness (QED) is 0.820. The van der Waals surface area contributed by atoms with Crippen molar-refractivity contribution in [2.75, 3.05) is 31.5 Å². The Morgan fingerprint density at radius 1 is 1.18 bits per heavy atom. The Kier molecular flexibility index (Phi) is 4.60. The number of benzene rings is 1. The van der Waals surface area contributed by atoms with Gasteiger partial charge in [-0.1, -0.05) is 0 Å². The molecule has 28 heavy (non-hydrogen) atoms. The van der Waals surface area contributed by atoms with Gasteiger partial charge in [0.25, 0.3) is 11.8 Å². The van der Waals surface area contributed by atoms with Crippen LogP contribution in [0.4, 0.5) is 5.69 Å². The van der Waals surface area contributed by atoms with E-state index in [9.17, 15) is 18.0 Å². The van der Waals surface area contributed by atoms with Gasteiger partial charge >= 0.3 is 0 Å². The highest BCUT2D eigenvalue weighted by Crippen LogP contribution is 2.33. The normalized spacial score (nSPS) is 20.2. The van der Waals surface area contributed by atoms with Gasteiger partial charge in [-0.3, -0.25) is 9.59 Å². The molecule has 1 N–H and O–H groups in total. The molecule has 1 aromatic carbocycles. The second-order valence-corrected chi connectivity index (χ2v) is 8.52. The lowest BCUT2D eigenvalue weighted by atomic mass is 10.2. The maximum Gasteiger partial charge on any atom is 0.289 e.